The average Bonchev–Trinajstić information content (AvgIpc) is 3.18. The molecule has 3 heteroatoms. The predicted molar refractivity (Wildman–Crippen MR) is 71.1 cm³/mol. The van der Waals surface area contributed by atoms with Gasteiger partial charge in [-0.25, -0.2) is 0 Å². The van der Waals surface area contributed by atoms with Gasteiger partial charge in [-0.1, -0.05) is 36.4 Å². The second kappa shape index (κ2) is 3.36. The maximum absolute atomic E-state index is 12.5. The number of hydrogen-bond donors (Lipinski definition) is 0. The molecule has 1 aromatic carbocycles. The molecule has 1 saturated carbocycles. The maximum atomic E-state index is 12.5. The van der Waals surface area contributed by atoms with E-state index >= 15 is 0 Å². The standard InChI is InChI=1S/C15H15BO2/c16-13-7-11-10(9-4-2-1-3-5-9)6-12(13)15(8-18-15)14(11)17/h1-5,7,10-12H,6,8,16H2/t10?,11?,12?,15-/m1/s1. The van der Waals surface area contributed by atoms with Gasteiger partial charge in [-0.2, -0.15) is 0 Å². The molecular weight excluding hydrogens is 223 g/mol. The quantitative estimate of drug-likeness (QED) is 0.544. The van der Waals surface area contributed by atoms with Crippen molar-refractivity contribution < 1.29 is 9.53 Å². The van der Waals surface area contributed by atoms with Crippen LogP contribution in [0.4, 0.5) is 0 Å². The molecule has 90 valence electrons. The minimum Gasteiger partial charge on any atom is -0.361 e. The summed E-state index contributed by atoms with van der Waals surface area (Å²) in [6, 6.07) is 10.4. The molecule has 2 nitrogen and oxygen atoms in total. The lowest BCUT2D eigenvalue weighted by Crippen LogP contribution is -2.50. The number of ether oxygens (including phenoxy) is 1. The van der Waals surface area contributed by atoms with Gasteiger partial charge in [-0.05, 0) is 17.9 Å². The highest BCUT2D eigenvalue weighted by Gasteiger charge is 2.65. The van der Waals surface area contributed by atoms with E-state index in [2.05, 4.69) is 38.2 Å². The highest BCUT2D eigenvalue weighted by molar-refractivity contribution is 6.23. The summed E-state index contributed by atoms with van der Waals surface area (Å²) in [6.07, 6.45) is 3.24. The van der Waals surface area contributed by atoms with Crippen LogP contribution >= 0.6 is 0 Å². The van der Waals surface area contributed by atoms with E-state index in [4.69, 9.17) is 4.74 Å². The summed E-state index contributed by atoms with van der Waals surface area (Å²) in [4.78, 5) is 12.5. The third-order valence-corrected chi connectivity index (χ3v) is 4.88. The number of ketones is 1. The van der Waals surface area contributed by atoms with Gasteiger partial charge in [0.2, 0.25) is 0 Å². The predicted octanol–water partition coefficient (Wildman–Crippen LogP) is 1.27. The van der Waals surface area contributed by atoms with Crippen molar-refractivity contribution in [2.45, 2.75) is 17.9 Å². The largest absolute Gasteiger partial charge is 0.361 e. The summed E-state index contributed by atoms with van der Waals surface area (Å²) in [5, 5.41) is 0. The van der Waals surface area contributed by atoms with Crippen molar-refractivity contribution in [1.29, 1.82) is 0 Å². The van der Waals surface area contributed by atoms with Crippen molar-refractivity contribution in [2.75, 3.05) is 6.61 Å². The molecular formula is C15H15BO2. The topological polar surface area (TPSA) is 29.6 Å². The van der Waals surface area contributed by atoms with E-state index in [1.165, 1.54) is 11.0 Å². The number of benzene rings is 1. The normalized spacial score (nSPS) is 41.0. The number of fused-ring (bicyclic) bond motifs is 1. The number of carbonyl (C=O) groups excluding carboxylic acids is 1. The molecule has 1 heterocycles. The number of hydrogen-bond acceptors (Lipinski definition) is 2. The first kappa shape index (κ1) is 10.6. The Morgan fingerprint density at radius 2 is 2.00 bits per heavy atom. The molecule has 1 aliphatic heterocycles. The van der Waals surface area contributed by atoms with Crippen LogP contribution in [0, 0.1) is 11.8 Å². The van der Waals surface area contributed by atoms with Crippen LogP contribution < -0.4 is 0 Å². The van der Waals surface area contributed by atoms with Gasteiger partial charge in [0.25, 0.3) is 0 Å². The zero-order valence-corrected chi connectivity index (χ0v) is 10.4. The summed E-state index contributed by atoms with van der Waals surface area (Å²) in [7, 11) is 2.15. The van der Waals surface area contributed by atoms with Gasteiger partial charge in [-0.3, -0.25) is 4.79 Å². The molecule has 1 saturated heterocycles. The molecule has 0 radical (unpaired) electrons. The van der Waals surface area contributed by atoms with E-state index in [0.29, 0.717) is 24.2 Å². The lowest BCUT2D eigenvalue weighted by atomic mass is 9.55. The third-order valence-electron chi connectivity index (χ3n) is 4.88. The minimum atomic E-state index is -0.422. The van der Waals surface area contributed by atoms with Crippen molar-refractivity contribution in [1.82, 2.24) is 0 Å². The van der Waals surface area contributed by atoms with E-state index in [1.54, 1.807) is 0 Å². The Labute approximate surface area is 107 Å². The van der Waals surface area contributed by atoms with Crippen LogP contribution in [0.15, 0.2) is 41.9 Å². The highest BCUT2D eigenvalue weighted by atomic mass is 16.6. The first-order valence-corrected chi connectivity index (χ1v) is 6.64. The van der Waals surface area contributed by atoms with Crippen molar-refractivity contribution >= 4 is 13.6 Å². The number of rotatable bonds is 1. The van der Waals surface area contributed by atoms with E-state index in [1.807, 2.05) is 6.07 Å². The molecule has 1 aromatic rings. The molecule has 3 aliphatic carbocycles. The van der Waals surface area contributed by atoms with Crippen LogP contribution in [-0.2, 0) is 9.53 Å². The minimum absolute atomic E-state index is 0.0277. The fourth-order valence-corrected chi connectivity index (χ4v) is 3.84. The summed E-state index contributed by atoms with van der Waals surface area (Å²) < 4.78 is 5.55. The molecule has 3 unspecified atom stereocenters. The smallest absolute Gasteiger partial charge is 0.174 e. The van der Waals surface area contributed by atoms with Crippen LogP contribution in [-0.4, -0.2) is 25.8 Å². The van der Waals surface area contributed by atoms with Gasteiger partial charge >= 0.3 is 0 Å². The van der Waals surface area contributed by atoms with Gasteiger partial charge in [0.05, 0.1) is 6.61 Å². The van der Waals surface area contributed by atoms with Gasteiger partial charge < -0.3 is 4.74 Å². The van der Waals surface area contributed by atoms with Gasteiger partial charge in [0, 0.05) is 11.8 Å². The van der Waals surface area contributed by atoms with Gasteiger partial charge in [0.15, 0.2) is 11.4 Å². The monoisotopic (exact) mass is 238 g/mol. The SMILES string of the molecule is BC1=CC2C(=O)[C@@]3(CO3)C1CC2c1ccccc1. The number of carbonyl (C=O) groups is 1. The Morgan fingerprint density at radius 1 is 1.28 bits per heavy atom. The molecule has 0 aromatic heterocycles. The van der Waals surface area contributed by atoms with Crippen LogP contribution in [0.1, 0.15) is 17.9 Å². The highest BCUT2D eigenvalue weighted by Crippen LogP contribution is 2.56. The van der Waals surface area contributed by atoms with Crippen molar-refractivity contribution in [2.24, 2.45) is 11.8 Å². The molecule has 0 amide bonds. The molecule has 4 atom stereocenters. The van der Waals surface area contributed by atoms with Crippen LogP contribution in [0.5, 0.6) is 0 Å². The third kappa shape index (κ3) is 1.20. The zero-order chi connectivity index (χ0) is 12.3. The van der Waals surface area contributed by atoms with Crippen LogP contribution in [0.2, 0.25) is 0 Å². The molecule has 2 bridgehead atoms. The Balaban J connectivity index is 1.77. The zero-order valence-electron chi connectivity index (χ0n) is 10.4. The molecule has 1 spiro atoms. The van der Waals surface area contributed by atoms with E-state index in [0.717, 1.165) is 6.42 Å². The number of Topliss-reactive ketones (excluding diaryl/α,β-unsaturated/α-hetero) is 1. The molecule has 2 fully saturated rings. The van der Waals surface area contributed by atoms with Crippen LogP contribution in [0.3, 0.4) is 0 Å². The summed E-state index contributed by atoms with van der Waals surface area (Å²) in [5.41, 5.74) is 2.22. The summed E-state index contributed by atoms with van der Waals surface area (Å²) in [5.74, 6) is 1.00. The lowest BCUT2D eigenvalue weighted by Gasteiger charge is -2.44. The van der Waals surface area contributed by atoms with Crippen molar-refractivity contribution in [3.8, 4) is 0 Å². The molecule has 0 N–H and O–H groups in total. The molecule has 4 aliphatic rings. The first-order valence-electron chi connectivity index (χ1n) is 6.64. The molecule has 18 heavy (non-hydrogen) atoms. The Kier molecular flexibility index (Phi) is 1.97. The van der Waals surface area contributed by atoms with E-state index < -0.39 is 5.60 Å². The maximum Gasteiger partial charge on any atom is 0.174 e. The lowest BCUT2D eigenvalue weighted by molar-refractivity contribution is -0.132. The fourth-order valence-electron chi connectivity index (χ4n) is 3.84. The van der Waals surface area contributed by atoms with E-state index in [9.17, 15) is 4.79 Å². The summed E-state index contributed by atoms with van der Waals surface area (Å²) >= 11 is 0. The number of allylic oxidation sites excluding steroid dienone is 1. The first-order chi connectivity index (χ1) is 8.72. The van der Waals surface area contributed by atoms with Gasteiger partial charge in [-0.15, -0.1) is 5.47 Å². The van der Waals surface area contributed by atoms with Crippen LogP contribution in [0.25, 0.3) is 0 Å². The van der Waals surface area contributed by atoms with Crippen molar-refractivity contribution in [3.05, 3.63) is 47.4 Å². The Morgan fingerprint density at radius 3 is 2.67 bits per heavy atom. The second-order valence-electron chi connectivity index (χ2n) is 5.78. The molecule has 5 rings (SSSR count). The van der Waals surface area contributed by atoms with E-state index in [-0.39, 0.29) is 5.92 Å². The second-order valence-corrected chi connectivity index (χ2v) is 5.78. The van der Waals surface area contributed by atoms with Crippen molar-refractivity contribution in [3.63, 3.8) is 0 Å². The fraction of sp³-hybridized carbons (Fsp3) is 0.400. The Hall–Kier alpha value is -1.35. The van der Waals surface area contributed by atoms with Gasteiger partial charge in [0.1, 0.15) is 7.85 Å². The Bertz CT molecular complexity index is 545. The summed E-state index contributed by atoms with van der Waals surface area (Å²) in [6.45, 7) is 0.639. The number of epoxide rings is 1. The average molecular weight is 238 g/mol.